The lowest BCUT2D eigenvalue weighted by molar-refractivity contribution is 0.614. The van der Waals surface area contributed by atoms with E-state index in [0.29, 0.717) is 10.6 Å². The van der Waals surface area contributed by atoms with Gasteiger partial charge in [-0.1, -0.05) is 26.0 Å². The average molecular weight is 427 g/mol. The molecule has 2 aromatic heterocycles. The molecule has 1 atom stereocenters. The number of aromatic amines is 1. The van der Waals surface area contributed by atoms with Crippen molar-refractivity contribution in [2.75, 3.05) is 23.5 Å². The maximum atomic E-state index is 14.5. The Bertz CT molecular complexity index is 1180. The first-order valence-corrected chi connectivity index (χ1v) is 11.0. The fourth-order valence-corrected chi connectivity index (χ4v) is 3.46. The van der Waals surface area contributed by atoms with Crippen LogP contribution in [0, 0.1) is 5.82 Å². The maximum absolute atomic E-state index is 14.5. The summed E-state index contributed by atoms with van der Waals surface area (Å²) in [4.78, 5) is 10.7. The molecular formula is C21H23FN6OS. The van der Waals surface area contributed by atoms with Gasteiger partial charge in [0.25, 0.3) is 0 Å². The van der Waals surface area contributed by atoms with E-state index in [9.17, 15) is 8.60 Å². The number of rotatable bonds is 5. The number of nitrogens with one attached hydrogen (secondary N) is 2. The van der Waals surface area contributed by atoms with E-state index >= 15 is 0 Å². The molecule has 0 saturated heterocycles. The number of halogens is 1. The minimum atomic E-state index is -1.10. The number of fused-ring (bicyclic) bond motifs is 1. The Hall–Kier alpha value is -3.33. The Kier molecular flexibility index (Phi) is 6.73. The molecule has 0 bridgehead atoms. The van der Waals surface area contributed by atoms with Crippen LogP contribution in [0.1, 0.15) is 13.8 Å². The predicted molar refractivity (Wildman–Crippen MR) is 120 cm³/mol. The number of nitrogens with zero attached hydrogens (tertiary/aromatic N) is 4. The van der Waals surface area contributed by atoms with Gasteiger partial charge in [0.2, 0.25) is 5.95 Å². The van der Waals surface area contributed by atoms with Crippen LogP contribution in [-0.2, 0) is 10.8 Å². The predicted octanol–water partition coefficient (Wildman–Crippen LogP) is 4.77. The summed E-state index contributed by atoms with van der Waals surface area (Å²) in [5.74, 6) is -0.181. The zero-order chi connectivity index (χ0) is 21.7. The van der Waals surface area contributed by atoms with Crippen LogP contribution in [0.5, 0.6) is 0 Å². The first-order chi connectivity index (χ1) is 14.5. The molecule has 0 fully saturated rings. The number of hydrogen-bond donors (Lipinski definition) is 2. The first-order valence-electron chi connectivity index (χ1n) is 9.42. The molecule has 7 nitrogen and oxygen atoms in total. The molecule has 0 aliphatic rings. The van der Waals surface area contributed by atoms with Crippen LogP contribution in [0.3, 0.4) is 0 Å². The number of benzene rings is 2. The van der Waals surface area contributed by atoms with Crippen molar-refractivity contribution in [1.29, 1.82) is 0 Å². The van der Waals surface area contributed by atoms with Crippen LogP contribution >= 0.6 is 0 Å². The number of anilines is 4. The minimum absolute atomic E-state index is 0.126. The topological polar surface area (TPSA) is 86.8 Å². The summed E-state index contributed by atoms with van der Waals surface area (Å²) in [6.45, 7) is 4.00. The summed E-state index contributed by atoms with van der Waals surface area (Å²) in [5.41, 5.74) is 2.28. The number of H-pyrrole nitrogens is 1. The highest BCUT2D eigenvalue weighted by Gasteiger charge is 2.16. The van der Waals surface area contributed by atoms with Gasteiger partial charge in [-0.05, 0) is 30.3 Å². The molecule has 2 heterocycles. The van der Waals surface area contributed by atoms with Crippen molar-refractivity contribution < 1.29 is 8.60 Å². The highest BCUT2D eigenvalue weighted by atomic mass is 32.2. The molecule has 0 amide bonds. The third-order valence-electron chi connectivity index (χ3n) is 4.29. The fourth-order valence-electron chi connectivity index (χ4n) is 2.89. The van der Waals surface area contributed by atoms with E-state index in [4.69, 9.17) is 0 Å². The summed E-state index contributed by atoms with van der Waals surface area (Å²) < 4.78 is 26.2. The third kappa shape index (κ3) is 4.46. The van der Waals surface area contributed by atoms with Crippen LogP contribution in [0.25, 0.3) is 10.9 Å². The van der Waals surface area contributed by atoms with Crippen LogP contribution < -0.4 is 10.2 Å². The molecule has 2 aromatic carbocycles. The molecule has 2 N–H and O–H groups in total. The van der Waals surface area contributed by atoms with Gasteiger partial charge in [-0.15, -0.1) is 0 Å². The van der Waals surface area contributed by atoms with E-state index in [1.165, 1.54) is 0 Å². The van der Waals surface area contributed by atoms with Gasteiger partial charge in [0, 0.05) is 40.1 Å². The van der Waals surface area contributed by atoms with Crippen molar-refractivity contribution >= 4 is 44.8 Å². The molecule has 1 unspecified atom stereocenters. The number of hydrogen-bond acceptors (Lipinski definition) is 6. The fraction of sp³-hybridized carbons (Fsp3) is 0.190. The minimum Gasteiger partial charge on any atom is -0.326 e. The van der Waals surface area contributed by atoms with E-state index in [2.05, 4.69) is 25.5 Å². The smallest absolute Gasteiger partial charge is 0.229 e. The summed E-state index contributed by atoms with van der Waals surface area (Å²) in [5, 5.41) is 10.8. The third-order valence-corrected chi connectivity index (χ3v) is 5.21. The van der Waals surface area contributed by atoms with E-state index < -0.39 is 16.6 Å². The zero-order valence-electron chi connectivity index (χ0n) is 17.2. The normalized spacial score (nSPS) is 11.5. The maximum Gasteiger partial charge on any atom is 0.229 e. The largest absolute Gasteiger partial charge is 0.326 e. The first kappa shape index (κ1) is 21.4. The Morgan fingerprint density at radius 3 is 2.67 bits per heavy atom. The lowest BCUT2D eigenvalue weighted by Crippen LogP contribution is -2.15. The zero-order valence-corrected chi connectivity index (χ0v) is 18.0. The van der Waals surface area contributed by atoms with Crippen molar-refractivity contribution in [2.24, 2.45) is 0 Å². The summed E-state index contributed by atoms with van der Waals surface area (Å²) in [6.07, 6.45) is 4.42. The second-order valence-electron chi connectivity index (χ2n) is 6.14. The van der Waals surface area contributed by atoms with Gasteiger partial charge < -0.3 is 10.2 Å². The monoisotopic (exact) mass is 426 g/mol. The Labute approximate surface area is 176 Å². The highest BCUT2D eigenvalue weighted by molar-refractivity contribution is 7.84. The van der Waals surface area contributed by atoms with E-state index in [1.807, 2.05) is 32.0 Å². The molecule has 0 aliphatic carbocycles. The summed E-state index contributed by atoms with van der Waals surface area (Å²) >= 11 is 0. The van der Waals surface area contributed by atoms with Gasteiger partial charge in [-0.2, -0.15) is 10.1 Å². The van der Waals surface area contributed by atoms with Crippen molar-refractivity contribution in [2.45, 2.75) is 18.7 Å². The van der Waals surface area contributed by atoms with Crippen LogP contribution in [0.2, 0.25) is 0 Å². The lowest BCUT2D eigenvalue weighted by atomic mass is 10.2. The Morgan fingerprint density at radius 2 is 1.90 bits per heavy atom. The molecule has 4 aromatic rings. The molecule has 0 saturated carbocycles. The van der Waals surface area contributed by atoms with E-state index in [0.717, 1.165) is 22.8 Å². The highest BCUT2D eigenvalue weighted by Crippen LogP contribution is 2.31. The van der Waals surface area contributed by atoms with Gasteiger partial charge in [0.1, 0.15) is 0 Å². The van der Waals surface area contributed by atoms with Crippen LogP contribution in [-0.4, -0.2) is 37.7 Å². The quantitative estimate of drug-likeness (QED) is 0.478. The van der Waals surface area contributed by atoms with Gasteiger partial charge >= 0.3 is 0 Å². The molecule has 0 aliphatic heterocycles. The molecule has 156 valence electrons. The molecule has 0 spiro atoms. The molecule has 30 heavy (non-hydrogen) atoms. The van der Waals surface area contributed by atoms with Crippen LogP contribution in [0.15, 0.2) is 59.8 Å². The average Bonchev–Trinajstić information content (AvgIpc) is 3.25. The Morgan fingerprint density at radius 1 is 1.13 bits per heavy atom. The van der Waals surface area contributed by atoms with Gasteiger partial charge in [0.05, 0.1) is 23.6 Å². The van der Waals surface area contributed by atoms with Gasteiger partial charge in [0.15, 0.2) is 11.6 Å². The second-order valence-corrected chi connectivity index (χ2v) is 7.52. The summed E-state index contributed by atoms with van der Waals surface area (Å²) in [6, 6.07) is 12.7. The molecule has 0 radical (unpaired) electrons. The Balaban J connectivity index is 0.00000124. The SMILES string of the molecule is CC.CN(c1nc(Nc2cccc(S(C)=O)c2)ncc1F)c1cccc2[nH]ncc12. The van der Waals surface area contributed by atoms with Gasteiger partial charge in [-0.25, -0.2) is 9.37 Å². The molecule has 9 heteroatoms. The molecular weight excluding hydrogens is 403 g/mol. The van der Waals surface area contributed by atoms with Crippen molar-refractivity contribution in [1.82, 2.24) is 20.2 Å². The number of aromatic nitrogens is 4. The van der Waals surface area contributed by atoms with Gasteiger partial charge in [-0.3, -0.25) is 9.31 Å². The van der Waals surface area contributed by atoms with Crippen molar-refractivity contribution in [3.8, 4) is 0 Å². The standard InChI is InChI=1S/C19H17FN6OS.C2H6/c1-26(17-8-4-7-16-14(17)10-22-25-16)18-15(20)11-21-19(24-18)23-12-5-3-6-13(9-12)28(2)27;1-2/h3-11H,1-2H3,(H,22,25)(H,21,23,24);1-2H3. The lowest BCUT2D eigenvalue weighted by Gasteiger charge is -2.20. The van der Waals surface area contributed by atoms with Crippen molar-refractivity contribution in [3.63, 3.8) is 0 Å². The summed E-state index contributed by atoms with van der Waals surface area (Å²) in [7, 11) is 0.629. The van der Waals surface area contributed by atoms with E-state index in [1.54, 1.807) is 48.7 Å². The van der Waals surface area contributed by atoms with Crippen molar-refractivity contribution in [3.05, 3.63) is 60.7 Å². The second kappa shape index (κ2) is 9.45. The van der Waals surface area contributed by atoms with E-state index in [-0.39, 0.29) is 11.8 Å². The molecule has 4 rings (SSSR count). The van der Waals surface area contributed by atoms with Crippen LogP contribution in [0.4, 0.5) is 27.5 Å².